The van der Waals surface area contributed by atoms with Crippen LogP contribution in [0.1, 0.15) is 6.92 Å². The molecular formula is C2H16CeNO11-. The minimum atomic E-state index is -1.75. The van der Waals surface area contributed by atoms with E-state index in [-0.39, 0.29) is 74.6 Å². The van der Waals surface area contributed by atoms with Gasteiger partial charge in [-0.1, -0.05) is 0 Å². The Balaban J connectivity index is -0.00000000468. The Labute approximate surface area is 117 Å². The van der Waals surface area contributed by atoms with E-state index in [0.29, 0.717) is 0 Å². The zero-order chi connectivity index (χ0) is 7.15. The van der Waals surface area contributed by atoms with E-state index in [1.54, 1.807) is 0 Å². The van der Waals surface area contributed by atoms with Gasteiger partial charge in [-0.2, -0.15) is 0 Å². The Morgan fingerprint density at radius 1 is 1.00 bits per heavy atom. The molecule has 0 saturated carbocycles. The summed E-state index contributed by atoms with van der Waals surface area (Å²) in [7, 11) is 0. The Bertz CT molecular complexity index is 76.6. The molecule has 0 bridgehead atoms. The van der Waals surface area contributed by atoms with Crippen molar-refractivity contribution in [3.8, 4) is 0 Å². The van der Waals surface area contributed by atoms with Crippen molar-refractivity contribution in [2.45, 2.75) is 6.92 Å². The quantitative estimate of drug-likeness (QED) is 0.322. The Morgan fingerprint density at radius 3 is 1.00 bits per heavy atom. The molecule has 0 radical (unpaired) electrons. The SMILES string of the molecule is CC(=O)O.O.O.O.O.O.O.O=[N+]([O-])[O-].[Ce]. The average molecular weight is 370 g/mol. The van der Waals surface area contributed by atoms with Gasteiger partial charge in [0.1, 0.15) is 0 Å². The number of carbonyl (C=O) groups is 1. The summed E-state index contributed by atoms with van der Waals surface area (Å²) in [6.45, 7) is 1.08. The van der Waals surface area contributed by atoms with Crippen molar-refractivity contribution in [1.29, 1.82) is 0 Å². The molecule has 0 saturated heterocycles. The van der Waals surface area contributed by atoms with Crippen LogP contribution in [0.4, 0.5) is 0 Å². The van der Waals surface area contributed by atoms with Crippen molar-refractivity contribution in [1.82, 2.24) is 0 Å². The second kappa shape index (κ2) is 67.2. The van der Waals surface area contributed by atoms with Gasteiger partial charge >= 0.3 is 0 Å². The molecule has 0 aromatic carbocycles. The molecule has 0 atom stereocenters. The minimum Gasteiger partial charge on any atom is -0.481 e. The Morgan fingerprint density at radius 2 is 1.00 bits per heavy atom. The Hall–Kier alpha value is -0.193. The number of hydrogen-bond donors (Lipinski definition) is 1. The molecule has 0 amide bonds. The molecule has 0 aliphatic carbocycles. The van der Waals surface area contributed by atoms with E-state index in [2.05, 4.69) is 0 Å². The van der Waals surface area contributed by atoms with Crippen LogP contribution < -0.4 is 0 Å². The normalized spacial score (nSPS) is 3.27. The molecule has 13 heteroatoms. The summed E-state index contributed by atoms with van der Waals surface area (Å²) < 4.78 is 0. The fraction of sp³-hybridized carbons (Fsp3) is 0.500. The molecule has 0 spiro atoms. The van der Waals surface area contributed by atoms with Gasteiger partial charge in [0, 0.05) is 48.7 Å². The molecule has 0 aromatic rings. The number of hydrogen-bond acceptors (Lipinski definition) is 4. The van der Waals surface area contributed by atoms with E-state index >= 15 is 0 Å². The van der Waals surface area contributed by atoms with E-state index < -0.39 is 11.1 Å². The number of nitrogens with zero attached hydrogens (tertiary/aromatic N) is 1. The van der Waals surface area contributed by atoms with E-state index in [1.807, 2.05) is 0 Å². The van der Waals surface area contributed by atoms with Crippen LogP contribution in [-0.2, 0) is 4.79 Å². The van der Waals surface area contributed by atoms with Crippen LogP contribution in [-0.4, -0.2) is 49.0 Å². The first-order valence-electron chi connectivity index (χ1n) is 1.48. The third-order valence-electron chi connectivity index (χ3n) is 0. The number of aliphatic carboxylic acids is 1. The van der Waals surface area contributed by atoms with Crippen LogP contribution in [0.15, 0.2) is 0 Å². The van der Waals surface area contributed by atoms with Gasteiger partial charge in [-0.05, 0) is 0 Å². The molecule has 13 N–H and O–H groups in total. The summed E-state index contributed by atoms with van der Waals surface area (Å²) in [6.07, 6.45) is 0. The fourth-order valence-corrected chi connectivity index (χ4v) is 0. The molecule has 0 aliphatic rings. The van der Waals surface area contributed by atoms with E-state index in [1.165, 1.54) is 0 Å². The van der Waals surface area contributed by atoms with Gasteiger partial charge in [0.25, 0.3) is 5.97 Å². The molecule has 0 aromatic heterocycles. The van der Waals surface area contributed by atoms with Crippen LogP contribution in [0, 0.1) is 57.1 Å². The molecule has 0 fully saturated rings. The van der Waals surface area contributed by atoms with Gasteiger partial charge in [-0.3, -0.25) is 4.79 Å². The van der Waals surface area contributed by atoms with Gasteiger partial charge in [0.05, 0.1) is 5.09 Å². The molecule has 100 valence electrons. The van der Waals surface area contributed by atoms with Crippen molar-refractivity contribution >= 4 is 5.97 Å². The molecule has 0 unspecified atom stereocenters. The van der Waals surface area contributed by atoms with Crippen LogP contribution >= 0.6 is 0 Å². The van der Waals surface area contributed by atoms with Crippen molar-refractivity contribution in [3.63, 3.8) is 0 Å². The summed E-state index contributed by atoms with van der Waals surface area (Å²) in [5.74, 6) is -0.833. The first-order valence-corrected chi connectivity index (χ1v) is 1.48. The predicted molar refractivity (Wildman–Crippen MR) is 45.4 cm³/mol. The summed E-state index contributed by atoms with van der Waals surface area (Å²) in [5, 5.41) is 22.2. The topological polar surface area (TPSA) is 292 Å². The third kappa shape index (κ3) is 51500. The number of carboxylic acids is 1. The number of carboxylic acid groups (broad SMARTS) is 1. The molecule has 0 heterocycles. The second-order valence-corrected chi connectivity index (χ2v) is 0.743. The van der Waals surface area contributed by atoms with Crippen molar-refractivity contribution in [2.75, 3.05) is 0 Å². The molecule has 15 heavy (non-hydrogen) atoms. The molecule has 0 aliphatic heterocycles. The first-order chi connectivity index (χ1) is 3.46. The van der Waals surface area contributed by atoms with Gasteiger partial charge in [0.2, 0.25) is 0 Å². The maximum absolute atomic E-state index is 9.00. The van der Waals surface area contributed by atoms with Gasteiger partial charge in [-0.25, -0.2) is 0 Å². The summed E-state index contributed by atoms with van der Waals surface area (Å²) in [6, 6.07) is 0. The van der Waals surface area contributed by atoms with Crippen LogP contribution in [0.25, 0.3) is 0 Å². The maximum atomic E-state index is 9.00. The van der Waals surface area contributed by atoms with Gasteiger partial charge in [0.15, 0.2) is 0 Å². The first kappa shape index (κ1) is 83.7. The molecular weight excluding hydrogens is 354 g/mol. The van der Waals surface area contributed by atoms with Gasteiger partial charge in [-0.15, -0.1) is 0 Å². The van der Waals surface area contributed by atoms with Crippen molar-refractivity contribution in [2.24, 2.45) is 0 Å². The number of rotatable bonds is 0. The minimum absolute atomic E-state index is 0. The van der Waals surface area contributed by atoms with Crippen LogP contribution in [0.3, 0.4) is 0 Å². The Kier molecular flexibility index (Phi) is 375. The molecule has 0 rings (SSSR count). The zero-order valence-corrected chi connectivity index (χ0v) is 10.7. The fourth-order valence-electron chi connectivity index (χ4n) is 0. The van der Waals surface area contributed by atoms with E-state index in [4.69, 9.17) is 25.2 Å². The van der Waals surface area contributed by atoms with Crippen LogP contribution in [0.5, 0.6) is 0 Å². The monoisotopic (exact) mass is 370 g/mol. The summed E-state index contributed by atoms with van der Waals surface area (Å²) in [4.78, 5) is 17.2. The smallest absolute Gasteiger partial charge is 0.300 e. The average Bonchev–Trinajstić information content (AvgIpc) is 1.25. The zero-order valence-electron chi connectivity index (χ0n) is 7.53. The van der Waals surface area contributed by atoms with Gasteiger partial charge < -0.3 is 53.3 Å². The van der Waals surface area contributed by atoms with Crippen molar-refractivity contribution in [3.05, 3.63) is 15.3 Å². The van der Waals surface area contributed by atoms with E-state index in [0.717, 1.165) is 6.92 Å². The largest absolute Gasteiger partial charge is 0.481 e. The maximum Gasteiger partial charge on any atom is 0.300 e. The summed E-state index contributed by atoms with van der Waals surface area (Å²) in [5.41, 5.74) is 0. The third-order valence-corrected chi connectivity index (χ3v) is 0. The second-order valence-electron chi connectivity index (χ2n) is 0.743. The predicted octanol–water partition coefficient (Wildman–Crippen LogP) is -5.10. The van der Waals surface area contributed by atoms with Crippen molar-refractivity contribution < 1.29 is 89.6 Å². The van der Waals surface area contributed by atoms with E-state index in [9.17, 15) is 0 Å². The molecule has 12 nitrogen and oxygen atoms in total. The standard InChI is InChI=1S/C2H4O2.Ce.NO3.6H2O/c1-2(3)4;;2-1(3)4;;;;;;/h1H3,(H,3,4);;;6*1H2/q;;-1;;;;;;. The van der Waals surface area contributed by atoms with Crippen LogP contribution in [0.2, 0.25) is 0 Å². The summed E-state index contributed by atoms with van der Waals surface area (Å²) >= 11 is 0.